The van der Waals surface area contributed by atoms with Crippen molar-refractivity contribution in [2.24, 2.45) is 0 Å². The summed E-state index contributed by atoms with van der Waals surface area (Å²) in [7, 11) is 0. The van der Waals surface area contributed by atoms with Crippen LogP contribution in [0.4, 0.5) is 0 Å². The quantitative estimate of drug-likeness (QED) is 0.652. The molecule has 0 aliphatic carbocycles. The summed E-state index contributed by atoms with van der Waals surface area (Å²) in [4.78, 5) is 0. The predicted molar refractivity (Wildman–Crippen MR) is 67.9 cm³/mol. The molecule has 0 saturated heterocycles. The molecular formula is C12H16As2. The zero-order valence-electron chi connectivity index (χ0n) is 9.20. The van der Waals surface area contributed by atoms with Crippen LogP contribution < -0.4 is 0 Å². The van der Waals surface area contributed by atoms with Crippen molar-refractivity contribution in [3.63, 3.8) is 0 Å². The van der Waals surface area contributed by atoms with Crippen molar-refractivity contribution in [1.29, 1.82) is 0 Å². The van der Waals surface area contributed by atoms with Crippen LogP contribution in [0.25, 0.3) is 0 Å². The maximum absolute atomic E-state index is 2.47. The number of rotatable bonds is 1. The van der Waals surface area contributed by atoms with Crippen LogP contribution in [0, 0.1) is 0 Å². The van der Waals surface area contributed by atoms with Gasteiger partial charge in [0.15, 0.2) is 0 Å². The molecule has 14 heavy (non-hydrogen) atoms. The topological polar surface area (TPSA) is 0 Å². The Kier molecular flexibility index (Phi) is 2.65. The van der Waals surface area contributed by atoms with Gasteiger partial charge in [-0.3, -0.25) is 0 Å². The van der Waals surface area contributed by atoms with Gasteiger partial charge in [-0.05, 0) is 0 Å². The second-order valence-electron chi connectivity index (χ2n) is 4.47. The van der Waals surface area contributed by atoms with Gasteiger partial charge in [-0.15, -0.1) is 0 Å². The Bertz CT molecular complexity index is 349. The fourth-order valence-electron chi connectivity index (χ4n) is 2.01. The van der Waals surface area contributed by atoms with E-state index in [-0.39, 0.29) is 0 Å². The van der Waals surface area contributed by atoms with E-state index < -0.39 is 0 Å². The first-order valence-corrected chi connectivity index (χ1v) is 8.72. The van der Waals surface area contributed by atoms with Crippen molar-refractivity contribution in [1.82, 2.24) is 0 Å². The molecule has 2 heterocycles. The molecule has 0 spiro atoms. The van der Waals surface area contributed by atoms with Gasteiger partial charge in [-0.25, -0.2) is 0 Å². The van der Waals surface area contributed by atoms with Crippen LogP contribution in [0.15, 0.2) is 24.3 Å². The molecule has 0 bridgehead atoms. The van der Waals surface area contributed by atoms with Crippen molar-refractivity contribution < 1.29 is 0 Å². The van der Waals surface area contributed by atoms with E-state index in [1.54, 1.807) is 8.61 Å². The maximum atomic E-state index is 2.47. The van der Waals surface area contributed by atoms with Gasteiger partial charge in [-0.2, -0.15) is 0 Å². The molecule has 0 aromatic rings. The molecule has 0 amide bonds. The molecule has 0 radical (unpaired) electrons. The Balaban J connectivity index is 2.43. The molecule has 2 aliphatic rings. The zero-order valence-corrected chi connectivity index (χ0v) is 13.0. The van der Waals surface area contributed by atoms with E-state index in [2.05, 4.69) is 52.0 Å². The van der Waals surface area contributed by atoms with Crippen LogP contribution >= 0.6 is 0 Å². The van der Waals surface area contributed by atoms with Crippen LogP contribution in [0.5, 0.6) is 0 Å². The fourth-order valence-corrected chi connectivity index (χ4v) is 8.69. The van der Waals surface area contributed by atoms with E-state index >= 15 is 0 Å². The average molecular weight is 310 g/mol. The Morgan fingerprint density at radius 1 is 0.857 bits per heavy atom. The van der Waals surface area contributed by atoms with Gasteiger partial charge in [0.1, 0.15) is 0 Å². The second kappa shape index (κ2) is 3.43. The summed E-state index contributed by atoms with van der Waals surface area (Å²) in [5.74, 6) is 0. The van der Waals surface area contributed by atoms with Gasteiger partial charge in [0, 0.05) is 0 Å². The van der Waals surface area contributed by atoms with Crippen molar-refractivity contribution in [2.45, 2.75) is 36.1 Å². The van der Waals surface area contributed by atoms with Crippen LogP contribution in [0.1, 0.15) is 27.7 Å². The molecule has 2 unspecified atom stereocenters. The molecule has 0 aromatic heterocycles. The third-order valence-corrected chi connectivity index (χ3v) is 10.6. The number of hydrogen-bond donors (Lipinski definition) is 0. The summed E-state index contributed by atoms with van der Waals surface area (Å²) >= 11 is 0.730. The van der Waals surface area contributed by atoms with Gasteiger partial charge in [0.2, 0.25) is 0 Å². The Labute approximate surface area is 99.3 Å². The van der Waals surface area contributed by atoms with E-state index in [9.17, 15) is 0 Å². The van der Waals surface area contributed by atoms with Crippen LogP contribution in [-0.4, -0.2) is 39.2 Å². The van der Waals surface area contributed by atoms with E-state index in [0.29, 0.717) is 39.0 Å². The summed E-state index contributed by atoms with van der Waals surface area (Å²) in [5.41, 5.74) is 0. The zero-order chi connectivity index (χ0) is 10.4. The van der Waals surface area contributed by atoms with Gasteiger partial charge < -0.3 is 0 Å². The van der Waals surface area contributed by atoms with Crippen molar-refractivity contribution in [3.8, 4) is 0 Å². The monoisotopic (exact) mass is 310 g/mol. The Morgan fingerprint density at radius 2 is 1.21 bits per heavy atom. The predicted octanol–water partition coefficient (Wildman–Crippen LogP) is 2.28. The molecule has 2 heteroatoms. The molecular weight excluding hydrogens is 294 g/mol. The Hall–Kier alpha value is 0.337. The first kappa shape index (κ1) is 10.8. The molecule has 0 fully saturated rings. The van der Waals surface area contributed by atoms with E-state index in [0.717, 1.165) is 0 Å². The van der Waals surface area contributed by atoms with Gasteiger partial charge in [0.05, 0.1) is 0 Å². The summed E-state index contributed by atoms with van der Waals surface area (Å²) < 4.78 is 4.21. The molecule has 0 saturated carbocycles. The number of hydrogen-bond acceptors (Lipinski definition) is 0. The molecule has 0 aromatic carbocycles. The third-order valence-electron chi connectivity index (χ3n) is 3.14. The van der Waals surface area contributed by atoms with Gasteiger partial charge >= 0.3 is 99.6 Å². The SMILES string of the molecule is CC1=[As]C(C)(C2(C)C=CC(C)=[As]2)C=C1. The van der Waals surface area contributed by atoms with Crippen LogP contribution in [-0.2, 0) is 0 Å². The summed E-state index contributed by atoms with van der Waals surface area (Å²) in [6.07, 6.45) is 9.66. The van der Waals surface area contributed by atoms with Crippen LogP contribution in [0.2, 0.25) is 8.41 Å². The van der Waals surface area contributed by atoms with Crippen LogP contribution in [0.3, 0.4) is 0 Å². The molecule has 2 rings (SSSR count). The van der Waals surface area contributed by atoms with Crippen molar-refractivity contribution in [2.75, 3.05) is 0 Å². The van der Waals surface area contributed by atoms with Crippen molar-refractivity contribution >= 4 is 39.2 Å². The minimum absolute atomic E-state index is 0.365. The number of allylic oxidation sites excluding steroid dienone is 4. The average Bonchev–Trinajstić information content (AvgIpc) is 2.59. The molecule has 0 nitrogen and oxygen atoms in total. The second-order valence-corrected chi connectivity index (χ2v) is 12.3. The third kappa shape index (κ3) is 1.61. The van der Waals surface area contributed by atoms with Gasteiger partial charge in [-0.1, -0.05) is 0 Å². The molecule has 74 valence electrons. The summed E-state index contributed by atoms with van der Waals surface area (Å²) in [5, 5.41) is 0. The van der Waals surface area contributed by atoms with Crippen molar-refractivity contribution in [3.05, 3.63) is 24.3 Å². The summed E-state index contributed by atoms with van der Waals surface area (Å²) in [6, 6.07) is 0. The fraction of sp³-hybridized carbons (Fsp3) is 0.500. The first-order valence-electron chi connectivity index (χ1n) is 4.97. The molecule has 2 atom stereocenters. The molecule has 2 aliphatic heterocycles. The van der Waals surface area contributed by atoms with E-state index in [1.165, 1.54) is 0 Å². The first-order chi connectivity index (χ1) is 6.45. The Morgan fingerprint density at radius 3 is 1.43 bits per heavy atom. The minimum atomic E-state index is 0.365. The summed E-state index contributed by atoms with van der Waals surface area (Å²) in [6.45, 7) is 9.49. The van der Waals surface area contributed by atoms with E-state index in [4.69, 9.17) is 0 Å². The van der Waals surface area contributed by atoms with E-state index in [1.807, 2.05) is 0 Å². The molecule has 0 N–H and O–H groups in total. The standard InChI is InChI=1S/C12H16As2/c1-9-5-7-11(3,13-9)12(4)8-6-10(2)14-12/h5-8H,1-4H3. The van der Waals surface area contributed by atoms with Gasteiger partial charge in [0.25, 0.3) is 0 Å². The normalized spacial score (nSPS) is 42.6.